The lowest BCUT2D eigenvalue weighted by molar-refractivity contribution is -0.120. The summed E-state index contributed by atoms with van der Waals surface area (Å²) < 4.78 is 11.0. The fourth-order valence-electron chi connectivity index (χ4n) is 2.66. The zero-order chi connectivity index (χ0) is 17.6. The molecule has 0 aromatic heterocycles. The Morgan fingerprint density at radius 3 is 2.52 bits per heavy atom. The van der Waals surface area contributed by atoms with E-state index >= 15 is 0 Å². The number of nitrogens with one attached hydrogen (secondary N) is 1. The Labute approximate surface area is 157 Å². The summed E-state index contributed by atoms with van der Waals surface area (Å²) in [6.07, 6.45) is 2.00. The van der Waals surface area contributed by atoms with Crippen molar-refractivity contribution in [3.05, 3.63) is 57.6 Å². The first-order chi connectivity index (χ1) is 12.1. The normalized spacial score (nSPS) is 12.7. The number of hydrogen-bond donors (Lipinski definition) is 1. The average molecular weight is 380 g/mol. The number of benzene rings is 2. The molecule has 132 valence electrons. The molecule has 0 fully saturated rings. The third kappa shape index (κ3) is 5.03. The van der Waals surface area contributed by atoms with Crippen molar-refractivity contribution in [1.29, 1.82) is 0 Å². The van der Waals surface area contributed by atoms with Gasteiger partial charge in [0.25, 0.3) is 0 Å². The quantitative estimate of drug-likeness (QED) is 0.769. The molecule has 3 rings (SSSR count). The van der Waals surface area contributed by atoms with Gasteiger partial charge in [-0.25, -0.2) is 0 Å². The molecule has 0 spiro atoms. The maximum Gasteiger partial charge on any atom is 0.224 e. The molecule has 0 aliphatic carbocycles. The molecule has 1 aliphatic rings. The van der Waals surface area contributed by atoms with Crippen LogP contribution >= 0.6 is 23.2 Å². The molecule has 2 aromatic carbocycles. The van der Waals surface area contributed by atoms with Crippen molar-refractivity contribution in [2.75, 3.05) is 19.8 Å². The standard InChI is InChI=1S/C19H19Cl2NO3/c20-15-5-3-13(10-16(15)21)2-1-7-22-19(23)12-14-4-6-17-18(11-14)25-9-8-24-17/h3-6,10-11H,1-2,7-9,12H2,(H,22,23). The highest BCUT2D eigenvalue weighted by atomic mass is 35.5. The van der Waals surface area contributed by atoms with Crippen molar-refractivity contribution < 1.29 is 14.3 Å². The summed E-state index contributed by atoms with van der Waals surface area (Å²) in [6.45, 7) is 1.71. The Hall–Kier alpha value is -1.91. The summed E-state index contributed by atoms with van der Waals surface area (Å²) >= 11 is 11.9. The molecule has 1 heterocycles. The van der Waals surface area contributed by atoms with Gasteiger partial charge in [0, 0.05) is 6.54 Å². The topological polar surface area (TPSA) is 47.6 Å². The molecule has 1 amide bonds. The van der Waals surface area contributed by atoms with Crippen LogP contribution in [0.25, 0.3) is 0 Å². The van der Waals surface area contributed by atoms with Gasteiger partial charge in [-0.15, -0.1) is 0 Å². The number of amides is 1. The van der Waals surface area contributed by atoms with Gasteiger partial charge in [-0.1, -0.05) is 35.3 Å². The van der Waals surface area contributed by atoms with Gasteiger partial charge in [0.15, 0.2) is 11.5 Å². The van der Waals surface area contributed by atoms with Crippen LogP contribution in [0.3, 0.4) is 0 Å². The van der Waals surface area contributed by atoms with Gasteiger partial charge in [0.1, 0.15) is 13.2 Å². The van der Waals surface area contributed by atoms with Gasteiger partial charge < -0.3 is 14.8 Å². The van der Waals surface area contributed by atoms with Crippen molar-refractivity contribution in [3.8, 4) is 11.5 Å². The Bertz CT molecular complexity index is 764. The molecule has 6 heteroatoms. The molecular weight excluding hydrogens is 361 g/mol. The number of ether oxygens (including phenoxy) is 2. The third-order valence-corrected chi connectivity index (χ3v) is 4.66. The van der Waals surface area contributed by atoms with Gasteiger partial charge in [0.05, 0.1) is 16.5 Å². The Kier molecular flexibility index (Phi) is 6.05. The van der Waals surface area contributed by atoms with E-state index in [1.165, 1.54) is 0 Å². The molecular formula is C19H19Cl2NO3. The molecule has 1 N–H and O–H groups in total. The van der Waals surface area contributed by atoms with E-state index in [1.807, 2.05) is 30.3 Å². The largest absolute Gasteiger partial charge is 0.486 e. The zero-order valence-electron chi connectivity index (χ0n) is 13.7. The molecule has 0 bridgehead atoms. The van der Waals surface area contributed by atoms with E-state index in [-0.39, 0.29) is 5.91 Å². The summed E-state index contributed by atoms with van der Waals surface area (Å²) in [6, 6.07) is 11.2. The van der Waals surface area contributed by atoms with Gasteiger partial charge in [-0.05, 0) is 48.2 Å². The number of halogens is 2. The molecule has 0 atom stereocenters. The van der Waals surface area contributed by atoms with Crippen molar-refractivity contribution in [2.45, 2.75) is 19.3 Å². The van der Waals surface area contributed by atoms with Crippen molar-refractivity contribution in [3.63, 3.8) is 0 Å². The van der Waals surface area contributed by atoms with Crippen molar-refractivity contribution in [1.82, 2.24) is 5.32 Å². The van der Waals surface area contributed by atoms with Gasteiger partial charge in [-0.2, -0.15) is 0 Å². The van der Waals surface area contributed by atoms with Crippen LogP contribution in [-0.2, 0) is 17.6 Å². The number of rotatable bonds is 6. The lowest BCUT2D eigenvalue weighted by atomic mass is 10.1. The molecule has 0 radical (unpaired) electrons. The monoisotopic (exact) mass is 379 g/mol. The minimum absolute atomic E-state index is 0.00850. The molecule has 25 heavy (non-hydrogen) atoms. The van der Waals surface area contributed by atoms with Crippen molar-refractivity contribution in [2.24, 2.45) is 0 Å². The Balaban J connectivity index is 1.43. The van der Waals surface area contributed by atoms with Crippen LogP contribution in [-0.4, -0.2) is 25.7 Å². The number of aryl methyl sites for hydroxylation is 1. The van der Waals surface area contributed by atoms with E-state index in [9.17, 15) is 4.79 Å². The first kappa shape index (κ1) is 17.9. The first-order valence-electron chi connectivity index (χ1n) is 8.21. The Morgan fingerprint density at radius 1 is 0.960 bits per heavy atom. The summed E-state index contributed by atoms with van der Waals surface area (Å²) in [5.41, 5.74) is 2.02. The lowest BCUT2D eigenvalue weighted by Crippen LogP contribution is -2.26. The predicted molar refractivity (Wildman–Crippen MR) is 98.9 cm³/mol. The van der Waals surface area contributed by atoms with E-state index in [4.69, 9.17) is 32.7 Å². The SMILES string of the molecule is O=C(Cc1ccc2c(c1)OCCO2)NCCCc1ccc(Cl)c(Cl)c1. The third-order valence-electron chi connectivity index (χ3n) is 3.92. The lowest BCUT2D eigenvalue weighted by Gasteiger charge is -2.18. The van der Waals surface area contributed by atoms with Crippen LogP contribution in [0.5, 0.6) is 11.5 Å². The molecule has 2 aromatic rings. The van der Waals surface area contributed by atoms with Crippen LogP contribution in [0, 0.1) is 0 Å². The minimum atomic E-state index is -0.00850. The zero-order valence-corrected chi connectivity index (χ0v) is 15.2. The molecule has 1 aliphatic heterocycles. The second-order valence-electron chi connectivity index (χ2n) is 5.86. The van der Waals surface area contributed by atoms with Gasteiger partial charge in [0.2, 0.25) is 5.91 Å². The van der Waals surface area contributed by atoms with Crippen molar-refractivity contribution >= 4 is 29.1 Å². The second kappa shape index (κ2) is 8.45. The van der Waals surface area contributed by atoms with Crippen LogP contribution in [0.4, 0.5) is 0 Å². The molecule has 0 saturated heterocycles. The fraction of sp³-hybridized carbons (Fsp3) is 0.316. The predicted octanol–water partition coefficient (Wildman–Crippen LogP) is 4.06. The van der Waals surface area contributed by atoms with E-state index in [2.05, 4.69) is 5.32 Å². The molecule has 0 unspecified atom stereocenters. The summed E-state index contributed by atoms with van der Waals surface area (Å²) in [7, 11) is 0. The first-order valence-corrected chi connectivity index (χ1v) is 8.96. The highest BCUT2D eigenvalue weighted by Crippen LogP contribution is 2.30. The number of carbonyl (C=O) groups is 1. The van der Waals surface area contributed by atoms with Gasteiger partial charge in [-0.3, -0.25) is 4.79 Å². The molecule has 0 saturated carbocycles. The van der Waals surface area contributed by atoms with Crippen LogP contribution < -0.4 is 14.8 Å². The number of carbonyl (C=O) groups excluding carboxylic acids is 1. The number of fused-ring (bicyclic) bond motifs is 1. The van der Waals surface area contributed by atoms with E-state index in [0.29, 0.717) is 42.0 Å². The van der Waals surface area contributed by atoms with E-state index < -0.39 is 0 Å². The maximum absolute atomic E-state index is 12.1. The van der Waals surface area contributed by atoms with Gasteiger partial charge >= 0.3 is 0 Å². The fourth-order valence-corrected chi connectivity index (χ4v) is 2.98. The second-order valence-corrected chi connectivity index (χ2v) is 6.67. The Morgan fingerprint density at radius 2 is 1.72 bits per heavy atom. The van der Waals surface area contributed by atoms with Crippen LogP contribution in [0.2, 0.25) is 10.0 Å². The average Bonchev–Trinajstić information content (AvgIpc) is 2.61. The maximum atomic E-state index is 12.1. The summed E-state index contributed by atoms with van der Waals surface area (Å²) in [4.78, 5) is 12.1. The minimum Gasteiger partial charge on any atom is -0.486 e. The van der Waals surface area contributed by atoms with E-state index in [1.54, 1.807) is 6.07 Å². The smallest absolute Gasteiger partial charge is 0.224 e. The summed E-state index contributed by atoms with van der Waals surface area (Å²) in [5, 5.41) is 4.05. The highest BCUT2D eigenvalue weighted by Gasteiger charge is 2.13. The molecule has 4 nitrogen and oxygen atoms in total. The summed E-state index contributed by atoms with van der Waals surface area (Å²) in [5.74, 6) is 1.43. The number of hydrogen-bond acceptors (Lipinski definition) is 3. The van der Waals surface area contributed by atoms with E-state index in [0.717, 1.165) is 29.7 Å². The highest BCUT2D eigenvalue weighted by molar-refractivity contribution is 6.42. The van der Waals surface area contributed by atoms with Crippen LogP contribution in [0.1, 0.15) is 17.5 Å². The van der Waals surface area contributed by atoms with Crippen LogP contribution in [0.15, 0.2) is 36.4 Å².